The molecule has 0 bridgehead atoms. The molecule has 0 aliphatic heterocycles. The van der Waals surface area contributed by atoms with Crippen LogP contribution >= 0.6 is 0 Å². The molecule has 1 aliphatic carbocycles. The number of hydrogen-bond acceptors (Lipinski definition) is 4. The van der Waals surface area contributed by atoms with Crippen LogP contribution in [0, 0.1) is 5.92 Å². The Labute approximate surface area is 108 Å². The summed E-state index contributed by atoms with van der Waals surface area (Å²) in [6.07, 6.45) is 4.88. The summed E-state index contributed by atoms with van der Waals surface area (Å²) >= 11 is 0. The van der Waals surface area contributed by atoms with E-state index in [1.807, 2.05) is 0 Å². The SMILES string of the molecule is CC1CCCC(O)(CNCC(O)c2ccco2)C1. The second-order valence-corrected chi connectivity index (χ2v) is 5.59. The van der Waals surface area contributed by atoms with Crippen molar-refractivity contribution in [1.82, 2.24) is 5.32 Å². The largest absolute Gasteiger partial charge is 0.467 e. The number of hydrogen-bond donors (Lipinski definition) is 3. The van der Waals surface area contributed by atoms with Crippen molar-refractivity contribution in [2.45, 2.75) is 44.3 Å². The predicted octanol–water partition coefficient (Wildman–Crippen LogP) is 1.84. The monoisotopic (exact) mass is 253 g/mol. The van der Waals surface area contributed by atoms with Crippen LogP contribution in [0.15, 0.2) is 22.8 Å². The zero-order valence-electron chi connectivity index (χ0n) is 10.9. The summed E-state index contributed by atoms with van der Waals surface area (Å²) < 4.78 is 5.13. The zero-order chi connectivity index (χ0) is 13.0. The van der Waals surface area contributed by atoms with E-state index in [2.05, 4.69) is 12.2 Å². The van der Waals surface area contributed by atoms with Gasteiger partial charge in [-0.15, -0.1) is 0 Å². The summed E-state index contributed by atoms with van der Waals surface area (Å²) in [6.45, 7) is 3.13. The van der Waals surface area contributed by atoms with Crippen LogP contribution in [0.2, 0.25) is 0 Å². The first kappa shape index (κ1) is 13.6. The molecule has 0 saturated heterocycles. The number of aliphatic hydroxyl groups is 2. The molecule has 18 heavy (non-hydrogen) atoms. The van der Waals surface area contributed by atoms with E-state index in [0.29, 0.717) is 24.8 Å². The van der Waals surface area contributed by atoms with Crippen molar-refractivity contribution in [3.8, 4) is 0 Å². The summed E-state index contributed by atoms with van der Waals surface area (Å²) in [5.74, 6) is 1.15. The van der Waals surface area contributed by atoms with Crippen LogP contribution in [-0.4, -0.2) is 28.9 Å². The number of rotatable bonds is 5. The molecule has 0 radical (unpaired) electrons. The first-order chi connectivity index (χ1) is 8.59. The lowest BCUT2D eigenvalue weighted by Crippen LogP contribution is -2.44. The fraction of sp³-hybridized carbons (Fsp3) is 0.714. The van der Waals surface area contributed by atoms with E-state index >= 15 is 0 Å². The number of nitrogens with one attached hydrogen (secondary N) is 1. The van der Waals surface area contributed by atoms with Gasteiger partial charge < -0.3 is 19.9 Å². The van der Waals surface area contributed by atoms with Gasteiger partial charge in [-0.25, -0.2) is 0 Å². The van der Waals surface area contributed by atoms with E-state index in [0.717, 1.165) is 19.3 Å². The molecule has 102 valence electrons. The molecule has 0 spiro atoms. The van der Waals surface area contributed by atoms with E-state index in [1.165, 1.54) is 6.42 Å². The highest BCUT2D eigenvalue weighted by Gasteiger charge is 2.32. The normalized spacial score (nSPS) is 30.3. The molecule has 0 amide bonds. The van der Waals surface area contributed by atoms with Gasteiger partial charge in [-0.2, -0.15) is 0 Å². The van der Waals surface area contributed by atoms with Crippen LogP contribution in [-0.2, 0) is 0 Å². The lowest BCUT2D eigenvalue weighted by Gasteiger charge is -2.35. The molecule has 1 saturated carbocycles. The minimum Gasteiger partial charge on any atom is -0.467 e. The van der Waals surface area contributed by atoms with Gasteiger partial charge in [-0.05, 0) is 30.9 Å². The van der Waals surface area contributed by atoms with E-state index in [-0.39, 0.29) is 0 Å². The zero-order valence-corrected chi connectivity index (χ0v) is 10.9. The van der Waals surface area contributed by atoms with Crippen LogP contribution in [0.4, 0.5) is 0 Å². The number of aliphatic hydroxyl groups excluding tert-OH is 1. The maximum atomic E-state index is 10.4. The highest BCUT2D eigenvalue weighted by molar-refractivity contribution is 5.02. The topological polar surface area (TPSA) is 65.6 Å². The van der Waals surface area contributed by atoms with Crippen molar-refractivity contribution in [2.75, 3.05) is 13.1 Å². The second kappa shape index (κ2) is 5.87. The maximum absolute atomic E-state index is 10.4. The maximum Gasteiger partial charge on any atom is 0.133 e. The van der Waals surface area contributed by atoms with Gasteiger partial charge in [-0.1, -0.05) is 19.8 Å². The third-order valence-corrected chi connectivity index (χ3v) is 3.73. The molecule has 1 aromatic heterocycles. The third kappa shape index (κ3) is 3.57. The molecule has 4 nitrogen and oxygen atoms in total. The minimum atomic E-state index is -0.649. The smallest absolute Gasteiger partial charge is 0.133 e. The fourth-order valence-corrected chi connectivity index (χ4v) is 2.82. The Morgan fingerprint density at radius 3 is 3.11 bits per heavy atom. The lowest BCUT2D eigenvalue weighted by atomic mass is 9.79. The molecule has 4 heteroatoms. The molecule has 1 aromatic rings. The van der Waals surface area contributed by atoms with Gasteiger partial charge in [0.2, 0.25) is 0 Å². The van der Waals surface area contributed by atoms with Crippen molar-refractivity contribution >= 4 is 0 Å². The Morgan fingerprint density at radius 1 is 1.61 bits per heavy atom. The second-order valence-electron chi connectivity index (χ2n) is 5.59. The molecule has 1 heterocycles. The summed E-state index contributed by atoms with van der Waals surface area (Å²) in [5, 5.41) is 23.4. The van der Waals surface area contributed by atoms with Gasteiger partial charge in [0, 0.05) is 13.1 Å². The highest BCUT2D eigenvalue weighted by Crippen LogP contribution is 2.31. The third-order valence-electron chi connectivity index (χ3n) is 3.73. The van der Waals surface area contributed by atoms with Crippen molar-refractivity contribution in [3.05, 3.63) is 24.2 Å². The Bertz CT molecular complexity index is 352. The molecular formula is C14H23NO3. The molecule has 1 fully saturated rings. The predicted molar refractivity (Wildman–Crippen MR) is 69.1 cm³/mol. The average molecular weight is 253 g/mol. The van der Waals surface area contributed by atoms with E-state index in [9.17, 15) is 10.2 Å². The minimum absolute atomic E-state index is 0.407. The molecule has 3 unspecified atom stereocenters. The first-order valence-electron chi connectivity index (χ1n) is 6.74. The van der Waals surface area contributed by atoms with Gasteiger partial charge in [0.25, 0.3) is 0 Å². The molecule has 3 atom stereocenters. The molecular weight excluding hydrogens is 230 g/mol. The van der Waals surface area contributed by atoms with Crippen LogP contribution < -0.4 is 5.32 Å². The van der Waals surface area contributed by atoms with Gasteiger partial charge in [0.05, 0.1) is 11.9 Å². The van der Waals surface area contributed by atoms with Crippen LogP contribution in [0.25, 0.3) is 0 Å². The van der Waals surface area contributed by atoms with Crippen molar-refractivity contribution < 1.29 is 14.6 Å². The van der Waals surface area contributed by atoms with Crippen LogP contribution in [0.3, 0.4) is 0 Å². The fourth-order valence-electron chi connectivity index (χ4n) is 2.82. The standard InChI is InChI=1S/C14H23NO3/c1-11-4-2-6-14(17,8-11)10-15-9-12(16)13-5-3-7-18-13/h3,5,7,11-12,15-17H,2,4,6,8-10H2,1H3. The lowest BCUT2D eigenvalue weighted by molar-refractivity contribution is -0.0139. The van der Waals surface area contributed by atoms with E-state index in [4.69, 9.17) is 4.42 Å². The number of furan rings is 1. The summed E-state index contributed by atoms with van der Waals surface area (Å²) in [4.78, 5) is 0. The Hall–Kier alpha value is -0.840. The van der Waals surface area contributed by atoms with Crippen LogP contribution in [0.5, 0.6) is 0 Å². The van der Waals surface area contributed by atoms with E-state index < -0.39 is 11.7 Å². The Morgan fingerprint density at radius 2 is 2.44 bits per heavy atom. The van der Waals surface area contributed by atoms with Gasteiger partial charge in [0.15, 0.2) is 0 Å². The molecule has 1 aliphatic rings. The van der Waals surface area contributed by atoms with Crippen LogP contribution in [0.1, 0.15) is 44.5 Å². The van der Waals surface area contributed by atoms with Crippen molar-refractivity contribution in [2.24, 2.45) is 5.92 Å². The van der Waals surface area contributed by atoms with Gasteiger partial charge >= 0.3 is 0 Å². The Kier molecular flexibility index (Phi) is 4.43. The Balaban J connectivity index is 1.74. The van der Waals surface area contributed by atoms with Gasteiger partial charge in [0.1, 0.15) is 11.9 Å². The average Bonchev–Trinajstić information content (AvgIpc) is 2.81. The summed E-state index contributed by atoms with van der Waals surface area (Å²) in [6, 6.07) is 3.51. The van der Waals surface area contributed by atoms with E-state index in [1.54, 1.807) is 18.4 Å². The highest BCUT2D eigenvalue weighted by atomic mass is 16.4. The van der Waals surface area contributed by atoms with Gasteiger partial charge in [-0.3, -0.25) is 0 Å². The summed E-state index contributed by atoms with van der Waals surface area (Å²) in [7, 11) is 0. The summed E-state index contributed by atoms with van der Waals surface area (Å²) in [5.41, 5.74) is -0.611. The first-order valence-corrected chi connectivity index (χ1v) is 6.74. The molecule has 3 N–H and O–H groups in total. The molecule has 2 rings (SSSR count). The van der Waals surface area contributed by atoms with Crippen molar-refractivity contribution in [3.63, 3.8) is 0 Å². The quantitative estimate of drug-likeness (QED) is 0.749. The molecule has 0 aromatic carbocycles. The van der Waals surface area contributed by atoms with Crippen molar-refractivity contribution in [1.29, 1.82) is 0 Å².